The molecule has 0 spiro atoms. The molecule has 2 heterocycles. The molecule has 7 heteroatoms. The van der Waals surface area contributed by atoms with Gasteiger partial charge in [0.2, 0.25) is 0 Å². The van der Waals surface area contributed by atoms with Gasteiger partial charge in [-0.2, -0.15) is 5.10 Å². The number of benzene rings is 1. The summed E-state index contributed by atoms with van der Waals surface area (Å²) in [6.07, 6.45) is 5.48. The van der Waals surface area contributed by atoms with Crippen LogP contribution in [0, 0.1) is 0 Å². The lowest BCUT2D eigenvalue weighted by Gasteiger charge is -2.05. The Hall–Kier alpha value is -2.51. The van der Waals surface area contributed by atoms with Gasteiger partial charge in [0, 0.05) is 48.6 Å². The number of nitrogens with zero attached hydrogens (tertiary/aromatic N) is 3. The zero-order chi connectivity index (χ0) is 18.4. The van der Waals surface area contributed by atoms with Gasteiger partial charge in [0.15, 0.2) is 9.84 Å². The summed E-state index contributed by atoms with van der Waals surface area (Å²) in [4.78, 5) is 4.18. The number of hydrogen-bond acceptors (Lipinski definition) is 5. The normalized spacial score (nSPS) is 11.6. The molecule has 0 unspecified atom stereocenters. The first-order valence-corrected chi connectivity index (χ1v) is 10.4. The Kier molecular flexibility index (Phi) is 5.80. The maximum Gasteiger partial charge on any atom is 0.151 e. The van der Waals surface area contributed by atoms with Gasteiger partial charge in [0.05, 0.1) is 17.1 Å². The largest absolute Gasteiger partial charge is 0.312 e. The van der Waals surface area contributed by atoms with Gasteiger partial charge in [-0.25, -0.2) is 13.1 Å². The van der Waals surface area contributed by atoms with Gasteiger partial charge >= 0.3 is 0 Å². The Morgan fingerprint density at radius 1 is 1.12 bits per heavy atom. The average Bonchev–Trinajstić information content (AvgIpc) is 3.11. The highest BCUT2D eigenvalue weighted by atomic mass is 32.2. The van der Waals surface area contributed by atoms with Crippen LogP contribution in [0.25, 0.3) is 16.9 Å². The van der Waals surface area contributed by atoms with Gasteiger partial charge in [-0.1, -0.05) is 25.1 Å². The predicted octanol–water partition coefficient (Wildman–Crippen LogP) is 2.46. The average molecular weight is 370 g/mol. The summed E-state index contributed by atoms with van der Waals surface area (Å²) < 4.78 is 25.1. The van der Waals surface area contributed by atoms with Crippen LogP contribution in [-0.2, 0) is 16.4 Å². The van der Waals surface area contributed by atoms with E-state index < -0.39 is 9.84 Å². The van der Waals surface area contributed by atoms with Crippen LogP contribution in [0.4, 0.5) is 0 Å². The standard InChI is InChI=1S/C19H22N4O2S/c1-2-26(24,25)12-11-21-14-17-15-23(18-8-4-3-5-9-18)22-19(17)16-7-6-10-20-13-16/h3-10,13,15,21H,2,11-12,14H2,1H3. The summed E-state index contributed by atoms with van der Waals surface area (Å²) >= 11 is 0. The Morgan fingerprint density at radius 3 is 2.62 bits per heavy atom. The third kappa shape index (κ3) is 4.56. The van der Waals surface area contributed by atoms with Crippen molar-refractivity contribution < 1.29 is 8.42 Å². The Morgan fingerprint density at radius 2 is 1.92 bits per heavy atom. The Bertz CT molecular complexity index is 938. The van der Waals surface area contributed by atoms with Crippen LogP contribution in [0.3, 0.4) is 0 Å². The van der Waals surface area contributed by atoms with Gasteiger partial charge in [0.25, 0.3) is 0 Å². The zero-order valence-corrected chi connectivity index (χ0v) is 15.5. The molecule has 0 bridgehead atoms. The number of nitrogens with one attached hydrogen (secondary N) is 1. The number of para-hydroxylation sites is 1. The number of hydrogen-bond donors (Lipinski definition) is 1. The monoisotopic (exact) mass is 370 g/mol. The molecule has 0 aliphatic carbocycles. The summed E-state index contributed by atoms with van der Waals surface area (Å²) in [6.45, 7) is 2.62. The van der Waals surface area contributed by atoms with Crippen molar-refractivity contribution in [2.24, 2.45) is 0 Å². The van der Waals surface area contributed by atoms with Crippen LogP contribution in [0.2, 0.25) is 0 Å². The van der Waals surface area contributed by atoms with Gasteiger partial charge in [-0.05, 0) is 24.3 Å². The molecule has 1 aromatic carbocycles. The quantitative estimate of drug-likeness (QED) is 0.617. The van der Waals surface area contributed by atoms with Crippen molar-refractivity contribution in [2.45, 2.75) is 13.5 Å². The molecule has 0 fully saturated rings. The summed E-state index contributed by atoms with van der Waals surface area (Å²) in [7, 11) is -2.97. The predicted molar refractivity (Wildman–Crippen MR) is 103 cm³/mol. The molecule has 0 saturated heterocycles. The maximum atomic E-state index is 11.6. The number of pyridine rings is 1. The summed E-state index contributed by atoms with van der Waals surface area (Å²) in [6, 6.07) is 13.7. The fourth-order valence-electron chi connectivity index (χ4n) is 2.59. The Balaban J connectivity index is 1.82. The molecule has 0 aliphatic heterocycles. The minimum Gasteiger partial charge on any atom is -0.312 e. The molecule has 3 rings (SSSR count). The van der Waals surface area contributed by atoms with E-state index in [0.717, 1.165) is 22.5 Å². The minimum atomic E-state index is -2.97. The minimum absolute atomic E-state index is 0.137. The molecule has 2 aromatic heterocycles. The second kappa shape index (κ2) is 8.25. The topological polar surface area (TPSA) is 76.9 Å². The summed E-state index contributed by atoms with van der Waals surface area (Å²) in [5.41, 5.74) is 3.74. The molecule has 0 amide bonds. The van der Waals surface area contributed by atoms with E-state index in [2.05, 4.69) is 10.3 Å². The van der Waals surface area contributed by atoms with Crippen molar-refractivity contribution in [2.75, 3.05) is 18.1 Å². The second-order valence-electron chi connectivity index (χ2n) is 5.94. The van der Waals surface area contributed by atoms with E-state index in [1.807, 2.05) is 53.3 Å². The Labute approximate surface area is 153 Å². The van der Waals surface area contributed by atoms with Gasteiger partial charge in [-0.15, -0.1) is 0 Å². The molecule has 0 radical (unpaired) electrons. The van der Waals surface area contributed by atoms with Crippen LogP contribution in [-0.4, -0.2) is 41.2 Å². The van der Waals surface area contributed by atoms with E-state index >= 15 is 0 Å². The van der Waals surface area contributed by atoms with Gasteiger partial charge in [-0.3, -0.25) is 4.98 Å². The van der Waals surface area contributed by atoms with Crippen LogP contribution in [0.1, 0.15) is 12.5 Å². The second-order valence-corrected chi connectivity index (χ2v) is 8.41. The molecule has 0 atom stereocenters. The number of aromatic nitrogens is 3. The molecular formula is C19H22N4O2S. The third-order valence-corrected chi connectivity index (χ3v) is 5.80. The molecule has 26 heavy (non-hydrogen) atoms. The molecular weight excluding hydrogens is 348 g/mol. The van der Waals surface area contributed by atoms with Gasteiger partial charge in [0.1, 0.15) is 0 Å². The van der Waals surface area contributed by atoms with Crippen molar-refractivity contribution >= 4 is 9.84 Å². The first-order chi connectivity index (χ1) is 12.6. The van der Waals surface area contributed by atoms with Gasteiger partial charge < -0.3 is 5.32 Å². The highest BCUT2D eigenvalue weighted by Crippen LogP contribution is 2.22. The van der Waals surface area contributed by atoms with Crippen LogP contribution >= 0.6 is 0 Å². The van der Waals surface area contributed by atoms with Crippen molar-refractivity contribution in [1.82, 2.24) is 20.1 Å². The van der Waals surface area contributed by atoms with Crippen molar-refractivity contribution in [3.63, 3.8) is 0 Å². The molecule has 0 aliphatic rings. The van der Waals surface area contributed by atoms with Crippen LogP contribution in [0.15, 0.2) is 61.1 Å². The molecule has 6 nitrogen and oxygen atoms in total. The highest BCUT2D eigenvalue weighted by Gasteiger charge is 2.13. The van der Waals surface area contributed by atoms with E-state index in [-0.39, 0.29) is 11.5 Å². The third-order valence-electron chi connectivity index (χ3n) is 4.09. The fourth-order valence-corrected chi connectivity index (χ4v) is 3.34. The number of rotatable bonds is 8. The van der Waals surface area contributed by atoms with E-state index in [9.17, 15) is 8.42 Å². The fraction of sp³-hybridized carbons (Fsp3) is 0.263. The highest BCUT2D eigenvalue weighted by molar-refractivity contribution is 7.91. The molecule has 1 N–H and O–H groups in total. The van der Waals surface area contributed by atoms with E-state index in [1.54, 1.807) is 19.3 Å². The molecule has 136 valence electrons. The first-order valence-electron chi connectivity index (χ1n) is 8.54. The molecule has 0 saturated carbocycles. The first kappa shape index (κ1) is 18.3. The molecule has 3 aromatic rings. The lowest BCUT2D eigenvalue weighted by atomic mass is 10.1. The van der Waals surface area contributed by atoms with Crippen molar-refractivity contribution in [3.05, 3.63) is 66.6 Å². The smallest absolute Gasteiger partial charge is 0.151 e. The zero-order valence-electron chi connectivity index (χ0n) is 14.7. The maximum absolute atomic E-state index is 11.6. The van der Waals surface area contributed by atoms with Crippen LogP contribution < -0.4 is 5.32 Å². The van der Waals surface area contributed by atoms with E-state index in [4.69, 9.17) is 5.10 Å². The summed E-state index contributed by atoms with van der Waals surface area (Å²) in [5, 5.41) is 7.93. The lowest BCUT2D eigenvalue weighted by molar-refractivity contribution is 0.592. The van der Waals surface area contributed by atoms with Crippen molar-refractivity contribution in [3.8, 4) is 16.9 Å². The van der Waals surface area contributed by atoms with E-state index in [0.29, 0.717) is 13.1 Å². The van der Waals surface area contributed by atoms with Crippen LogP contribution in [0.5, 0.6) is 0 Å². The number of sulfone groups is 1. The SMILES string of the molecule is CCS(=O)(=O)CCNCc1cn(-c2ccccc2)nc1-c1cccnc1. The van der Waals surface area contributed by atoms with Crippen molar-refractivity contribution in [1.29, 1.82) is 0 Å². The summed E-state index contributed by atoms with van der Waals surface area (Å²) in [5.74, 6) is 0.306. The lowest BCUT2D eigenvalue weighted by Crippen LogP contribution is -2.23. The van der Waals surface area contributed by atoms with E-state index in [1.165, 1.54) is 0 Å².